The van der Waals surface area contributed by atoms with Crippen LogP contribution < -0.4 is 25.3 Å². The predicted molar refractivity (Wildman–Crippen MR) is 75.8 cm³/mol. The molecule has 5 nitrogen and oxygen atoms in total. The fourth-order valence-electron chi connectivity index (χ4n) is 2.09. The number of benzene rings is 2. The first-order valence-corrected chi connectivity index (χ1v) is 6.79. The molecule has 1 aliphatic heterocycles. The van der Waals surface area contributed by atoms with Crippen molar-refractivity contribution in [1.29, 1.82) is 0 Å². The number of halogens is 3. The molecule has 3 rings (SSSR count). The van der Waals surface area contributed by atoms with E-state index in [0.29, 0.717) is 24.7 Å². The largest absolute Gasteiger partial charge is 0.573 e. The zero-order valence-electron chi connectivity index (χ0n) is 11.8. The second-order valence-electron chi connectivity index (χ2n) is 4.71. The third kappa shape index (κ3) is 4.05. The van der Waals surface area contributed by atoms with Crippen LogP contribution in [-0.2, 0) is 0 Å². The number of alkyl halides is 3. The van der Waals surface area contributed by atoms with Crippen molar-refractivity contribution < 1.29 is 27.5 Å². The van der Waals surface area contributed by atoms with Crippen molar-refractivity contribution in [2.45, 2.75) is 6.36 Å². The van der Waals surface area contributed by atoms with Gasteiger partial charge in [0.25, 0.3) is 0 Å². The average Bonchev–Trinajstić information content (AvgIpc) is 2.47. The Bertz CT molecular complexity index is 675. The Kier molecular flexibility index (Phi) is 4.26. The number of hydrogen-bond donors (Lipinski definition) is 2. The molecule has 0 amide bonds. The molecule has 8 heteroatoms. The number of rotatable bonds is 2. The molecule has 0 aliphatic carbocycles. The molecule has 1 heterocycles. The number of fused-ring (bicyclic) bond motifs is 1. The summed E-state index contributed by atoms with van der Waals surface area (Å²) in [6.07, 6.45) is -4.70. The van der Waals surface area contributed by atoms with E-state index < -0.39 is 6.36 Å². The fraction of sp³-hybridized carbons (Fsp3) is 0.200. The van der Waals surface area contributed by atoms with Crippen LogP contribution in [0.15, 0.2) is 42.5 Å². The minimum Gasteiger partial charge on any atom is -0.488 e. The quantitative estimate of drug-likeness (QED) is 0.888. The third-order valence-corrected chi connectivity index (χ3v) is 3.08. The van der Waals surface area contributed by atoms with Gasteiger partial charge in [0, 0.05) is 6.54 Å². The summed E-state index contributed by atoms with van der Waals surface area (Å²) in [5, 5.41) is 0. The Balaban J connectivity index is 1.82. The highest BCUT2D eigenvalue weighted by Crippen LogP contribution is 2.33. The molecule has 0 bridgehead atoms. The van der Waals surface area contributed by atoms with Gasteiger partial charge in [0.1, 0.15) is 12.4 Å². The summed E-state index contributed by atoms with van der Waals surface area (Å²) in [4.78, 5) is 5.32. The third-order valence-electron chi connectivity index (χ3n) is 3.08. The molecular formula is C15H13F3N2O3. The first-order valence-electron chi connectivity index (χ1n) is 6.79. The molecule has 122 valence electrons. The van der Waals surface area contributed by atoms with Gasteiger partial charge in [0.2, 0.25) is 0 Å². The number of ether oxygens (including phenoxy) is 2. The van der Waals surface area contributed by atoms with Crippen molar-refractivity contribution in [2.75, 3.05) is 13.2 Å². The molecule has 23 heavy (non-hydrogen) atoms. The molecule has 0 saturated carbocycles. The van der Waals surface area contributed by atoms with Gasteiger partial charge in [-0.1, -0.05) is 23.8 Å². The van der Waals surface area contributed by atoms with Crippen molar-refractivity contribution in [1.82, 2.24) is 11.0 Å². The van der Waals surface area contributed by atoms with E-state index in [4.69, 9.17) is 9.57 Å². The van der Waals surface area contributed by atoms with E-state index in [2.05, 4.69) is 15.8 Å². The molecule has 2 aromatic rings. The Morgan fingerprint density at radius 3 is 2.43 bits per heavy atom. The topological polar surface area (TPSA) is 51.8 Å². The van der Waals surface area contributed by atoms with Crippen LogP contribution in [0.5, 0.6) is 17.2 Å². The lowest BCUT2D eigenvalue weighted by atomic mass is 10.1. The summed E-state index contributed by atoms with van der Waals surface area (Å²) in [6.45, 7) is 1.06. The molecule has 0 radical (unpaired) electrons. The van der Waals surface area contributed by atoms with Crippen LogP contribution in [0.25, 0.3) is 11.1 Å². The van der Waals surface area contributed by atoms with E-state index in [0.717, 1.165) is 11.1 Å². The number of nitrogens with one attached hydrogen (secondary N) is 2. The lowest BCUT2D eigenvalue weighted by molar-refractivity contribution is -0.274. The summed E-state index contributed by atoms with van der Waals surface area (Å²) in [6, 6.07) is 10.9. The van der Waals surface area contributed by atoms with Gasteiger partial charge in [-0.15, -0.1) is 13.2 Å². The molecule has 0 unspecified atom stereocenters. The van der Waals surface area contributed by atoms with Gasteiger partial charge < -0.3 is 14.3 Å². The van der Waals surface area contributed by atoms with E-state index >= 15 is 0 Å². The van der Waals surface area contributed by atoms with Crippen molar-refractivity contribution >= 4 is 0 Å². The number of hydrazine groups is 1. The SMILES string of the molecule is FC(F)(F)Oc1ccc(-c2ccc3c(c2)ONNCCO3)cc1. The minimum absolute atomic E-state index is 0.266. The molecular weight excluding hydrogens is 313 g/mol. The lowest BCUT2D eigenvalue weighted by Gasteiger charge is -2.18. The number of hydrogen-bond acceptors (Lipinski definition) is 5. The van der Waals surface area contributed by atoms with Crippen LogP contribution in [0.3, 0.4) is 0 Å². The van der Waals surface area contributed by atoms with E-state index in [-0.39, 0.29) is 5.75 Å². The predicted octanol–water partition coefficient (Wildman–Crippen LogP) is 3.03. The van der Waals surface area contributed by atoms with Gasteiger partial charge in [-0.3, -0.25) is 0 Å². The summed E-state index contributed by atoms with van der Waals surface area (Å²) in [7, 11) is 0. The average molecular weight is 326 g/mol. The van der Waals surface area contributed by atoms with E-state index in [1.54, 1.807) is 18.2 Å². The van der Waals surface area contributed by atoms with Gasteiger partial charge in [-0.25, -0.2) is 5.43 Å². The summed E-state index contributed by atoms with van der Waals surface area (Å²) in [5.41, 5.74) is 6.87. The molecule has 0 fully saturated rings. The first kappa shape index (κ1) is 15.4. The van der Waals surface area contributed by atoms with Crippen LogP contribution in [0, 0.1) is 0 Å². The molecule has 0 aromatic heterocycles. The van der Waals surface area contributed by atoms with Crippen LogP contribution >= 0.6 is 0 Å². The summed E-state index contributed by atoms with van der Waals surface area (Å²) < 4.78 is 45.8. The first-order chi connectivity index (χ1) is 11.0. The molecule has 0 saturated heterocycles. The maximum Gasteiger partial charge on any atom is 0.573 e. The second-order valence-corrected chi connectivity index (χ2v) is 4.71. The maximum atomic E-state index is 12.2. The van der Waals surface area contributed by atoms with Crippen molar-refractivity contribution in [3.05, 3.63) is 42.5 Å². The highest BCUT2D eigenvalue weighted by Gasteiger charge is 2.30. The lowest BCUT2D eigenvalue weighted by Crippen LogP contribution is -2.39. The molecule has 2 N–H and O–H groups in total. The summed E-state index contributed by atoms with van der Waals surface area (Å²) in [5.74, 6) is 0.794. The minimum atomic E-state index is -4.70. The molecule has 0 spiro atoms. The molecule has 0 atom stereocenters. The van der Waals surface area contributed by atoms with Gasteiger partial charge in [0.05, 0.1) is 0 Å². The summed E-state index contributed by atoms with van der Waals surface area (Å²) >= 11 is 0. The van der Waals surface area contributed by atoms with Crippen molar-refractivity contribution in [3.63, 3.8) is 0 Å². The van der Waals surface area contributed by atoms with Crippen molar-refractivity contribution in [3.8, 4) is 28.4 Å². The van der Waals surface area contributed by atoms with Crippen LogP contribution in [0.2, 0.25) is 0 Å². The standard InChI is InChI=1S/C15H13F3N2O3/c16-15(17,18)22-12-4-1-10(2-5-12)11-3-6-13-14(9-11)23-20-19-7-8-21-13/h1-6,9,19-20H,7-8H2. The van der Waals surface area contributed by atoms with E-state index in [1.807, 2.05) is 0 Å². The zero-order chi connectivity index (χ0) is 16.3. The van der Waals surface area contributed by atoms with Crippen molar-refractivity contribution in [2.24, 2.45) is 0 Å². The van der Waals surface area contributed by atoms with Crippen LogP contribution in [0.4, 0.5) is 13.2 Å². The highest BCUT2D eigenvalue weighted by molar-refractivity contribution is 5.67. The second kappa shape index (κ2) is 6.35. The van der Waals surface area contributed by atoms with Crippen LogP contribution in [-0.4, -0.2) is 19.5 Å². The molecule has 2 aromatic carbocycles. The fourth-order valence-corrected chi connectivity index (χ4v) is 2.09. The smallest absolute Gasteiger partial charge is 0.488 e. The maximum absolute atomic E-state index is 12.2. The van der Waals surface area contributed by atoms with E-state index in [1.165, 1.54) is 24.3 Å². The molecule has 1 aliphatic rings. The monoisotopic (exact) mass is 326 g/mol. The van der Waals surface area contributed by atoms with Crippen LogP contribution in [0.1, 0.15) is 0 Å². The normalized spacial score (nSPS) is 14.7. The Hall–Kier alpha value is -2.45. The van der Waals surface area contributed by atoms with Gasteiger partial charge in [-0.05, 0) is 35.4 Å². The van der Waals surface area contributed by atoms with E-state index in [9.17, 15) is 13.2 Å². The van der Waals surface area contributed by atoms with Gasteiger partial charge >= 0.3 is 6.36 Å². The Morgan fingerprint density at radius 1 is 0.957 bits per heavy atom. The Labute approximate surface area is 129 Å². The van der Waals surface area contributed by atoms with Gasteiger partial charge in [-0.2, -0.15) is 0 Å². The zero-order valence-corrected chi connectivity index (χ0v) is 11.8. The highest BCUT2D eigenvalue weighted by atomic mass is 19.4. The Morgan fingerprint density at radius 2 is 1.70 bits per heavy atom. The van der Waals surface area contributed by atoms with Gasteiger partial charge in [0.15, 0.2) is 11.5 Å².